The van der Waals surface area contributed by atoms with Gasteiger partial charge >= 0.3 is 29.7 Å². The Hall–Kier alpha value is -1.60. The Balaban J connectivity index is 0.000000168. The largest absolute Gasteiger partial charge is 0.126 e. The molecule has 0 nitrogen and oxygen atoms in total. The Morgan fingerprint density at radius 3 is 1.38 bits per heavy atom. The number of rotatable bonds is 0. The zero-order valence-corrected chi connectivity index (χ0v) is 18.4. The van der Waals surface area contributed by atoms with E-state index in [0.717, 1.165) is 0 Å². The SMILES string of the molecule is Cc1c(C)c(C)[c-](C)c1C.[F][Zr+2][F].c1ccc2c(c1)[cH-]c1ccccc12. The molecule has 0 saturated carbocycles. The van der Waals surface area contributed by atoms with Crippen molar-refractivity contribution in [1.82, 2.24) is 0 Å². The molecular formula is C23H24F2Zr. The number of hydrogen-bond acceptors (Lipinski definition) is 0. The van der Waals surface area contributed by atoms with Gasteiger partial charge < -0.3 is 0 Å². The molecule has 3 heteroatoms. The Bertz CT molecular complexity index is 862. The van der Waals surface area contributed by atoms with Crippen molar-refractivity contribution >= 4 is 21.5 Å². The molecule has 0 amide bonds. The van der Waals surface area contributed by atoms with Crippen LogP contribution in [0.1, 0.15) is 27.8 Å². The summed E-state index contributed by atoms with van der Waals surface area (Å²) in [6, 6.07) is 19.3. The quantitative estimate of drug-likeness (QED) is 0.254. The summed E-state index contributed by atoms with van der Waals surface area (Å²) in [5.74, 6) is 0. The van der Waals surface area contributed by atoms with E-state index < -0.39 is 24.5 Å². The van der Waals surface area contributed by atoms with Crippen LogP contribution >= 0.6 is 0 Å². The zero-order chi connectivity index (χ0) is 19.3. The first-order valence-corrected chi connectivity index (χ1v) is 10.5. The van der Waals surface area contributed by atoms with E-state index in [1.807, 2.05) is 0 Å². The van der Waals surface area contributed by atoms with Crippen molar-refractivity contribution in [1.29, 1.82) is 0 Å². The third-order valence-electron chi connectivity index (χ3n) is 5.34. The predicted octanol–water partition coefficient (Wildman–Crippen LogP) is 7.50. The van der Waals surface area contributed by atoms with Gasteiger partial charge in [-0.2, -0.15) is 27.8 Å². The monoisotopic (exact) mass is 428 g/mol. The molecule has 0 spiro atoms. The molecule has 0 aliphatic rings. The van der Waals surface area contributed by atoms with E-state index >= 15 is 0 Å². The first-order chi connectivity index (χ1) is 12.4. The van der Waals surface area contributed by atoms with Crippen molar-refractivity contribution in [3.8, 4) is 0 Å². The number of benzene rings is 2. The Kier molecular flexibility index (Phi) is 7.47. The second-order valence-electron chi connectivity index (χ2n) is 6.52. The van der Waals surface area contributed by atoms with Crippen LogP contribution in [0.25, 0.3) is 21.5 Å². The molecule has 0 radical (unpaired) electrons. The topological polar surface area (TPSA) is 0 Å². The molecule has 0 aliphatic carbocycles. The molecule has 4 aromatic carbocycles. The van der Waals surface area contributed by atoms with Crippen LogP contribution in [-0.4, -0.2) is 0 Å². The van der Waals surface area contributed by atoms with Crippen LogP contribution in [0.15, 0.2) is 54.6 Å². The van der Waals surface area contributed by atoms with Crippen LogP contribution in [0.3, 0.4) is 0 Å². The predicted molar refractivity (Wildman–Crippen MR) is 105 cm³/mol. The van der Waals surface area contributed by atoms with Crippen molar-refractivity contribution in [2.24, 2.45) is 0 Å². The van der Waals surface area contributed by atoms with Gasteiger partial charge in [0.1, 0.15) is 0 Å². The molecule has 0 aromatic heterocycles. The molecule has 4 rings (SSSR count). The number of hydrogen-bond donors (Lipinski definition) is 0. The first-order valence-electron chi connectivity index (χ1n) is 8.61. The molecule has 0 heterocycles. The van der Waals surface area contributed by atoms with Crippen LogP contribution in [-0.2, 0) is 24.5 Å². The molecule has 4 aromatic rings. The standard InChI is InChI=1S/C13H9.C10H15.2FH.Zr/c1-3-7-12-10(5-1)9-11-6-2-4-8-13(11)12;1-6-7(2)9(4)10(5)8(6)3;;;/h1-9H;1-5H3;2*1H;/q2*-1;;;+4/p-2. The maximum Gasteiger partial charge on any atom is -0.0771 e. The van der Waals surface area contributed by atoms with Crippen LogP contribution in [0.2, 0.25) is 0 Å². The smallest absolute Gasteiger partial charge is 0.0771 e. The molecule has 0 atom stereocenters. The van der Waals surface area contributed by atoms with Gasteiger partial charge in [-0.05, 0) is 0 Å². The van der Waals surface area contributed by atoms with Crippen molar-refractivity contribution < 1.29 is 29.7 Å². The van der Waals surface area contributed by atoms with E-state index in [9.17, 15) is 5.25 Å². The fourth-order valence-corrected chi connectivity index (χ4v) is 3.31. The first kappa shape index (κ1) is 20.7. The van der Waals surface area contributed by atoms with Crippen molar-refractivity contribution in [2.75, 3.05) is 0 Å². The fourth-order valence-electron chi connectivity index (χ4n) is 3.31. The average Bonchev–Trinajstić information content (AvgIpc) is 3.11. The van der Waals surface area contributed by atoms with Gasteiger partial charge in [-0.3, -0.25) is 0 Å². The maximum atomic E-state index is 9.80. The maximum absolute atomic E-state index is 9.80. The normalized spacial score (nSPS) is 9.96. The summed E-state index contributed by atoms with van der Waals surface area (Å²) in [6.07, 6.45) is 0. The molecule has 0 bridgehead atoms. The van der Waals surface area contributed by atoms with Gasteiger partial charge in [-0.1, -0.05) is 71.0 Å². The van der Waals surface area contributed by atoms with Crippen LogP contribution < -0.4 is 0 Å². The van der Waals surface area contributed by atoms with E-state index in [4.69, 9.17) is 0 Å². The minimum atomic E-state index is -2.77. The van der Waals surface area contributed by atoms with Gasteiger partial charge in [0.05, 0.1) is 0 Å². The summed E-state index contributed by atoms with van der Waals surface area (Å²) in [4.78, 5) is 0. The summed E-state index contributed by atoms with van der Waals surface area (Å²) in [7, 11) is 0. The van der Waals surface area contributed by atoms with Crippen molar-refractivity contribution in [3.63, 3.8) is 0 Å². The molecule has 0 fully saturated rings. The van der Waals surface area contributed by atoms with Gasteiger partial charge in [0, 0.05) is 0 Å². The summed E-state index contributed by atoms with van der Waals surface area (Å²) in [5.41, 5.74) is 7.34. The van der Waals surface area contributed by atoms with E-state index in [1.165, 1.54) is 49.4 Å². The van der Waals surface area contributed by atoms with E-state index in [1.54, 1.807) is 0 Å². The molecule has 134 valence electrons. The molecule has 0 aliphatic heterocycles. The van der Waals surface area contributed by atoms with Crippen LogP contribution in [0.4, 0.5) is 5.25 Å². The molecule has 26 heavy (non-hydrogen) atoms. The number of halogens is 2. The van der Waals surface area contributed by atoms with Crippen LogP contribution in [0.5, 0.6) is 0 Å². The molecule has 0 unspecified atom stereocenters. The summed E-state index contributed by atoms with van der Waals surface area (Å²) in [6.45, 7) is 11.0. The molecule has 0 saturated heterocycles. The van der Waals surface area contributed by atoms with Gasteiger partial charge in [0.15, 0.2) is 0 Å². The minimum Gasteiger partial charge on any atom is -0.126 e. The zero-order valence-electron chi connectivity index (χ0n) is 16.0. The molecular weight excluding hydrogens is 405 g/mol. The second kappa shape index (κ2) is 9.37. The summed E-state index contributed by atoms with van der Waals surface area (Å²) < 4.78 is 19.6. The Labute approximate surface area is 167 Å². The van der Waals surface area contributed by atoms with Crippen molar-refractivity contribution in [2.45, 2.75) is 34.6 Å². The summed E-state index contributed by atoms with van der Waals surface area (Å²) >= 11 is -2.77. The van der Waals surface area contributed by atoms with E-state index in [2.05, 4.69) is 89.2 Å². The third kappa shape index (κ3) is 4.38. The van der Waals surface area contributed by atoms with Gasteiger partial charge in [-0.25, -0.2) is 0 Å². The second-order valence-corrected chi connectivity index (χ2v) is 6.87. The third-order valence-corrected chi connectivity index (χ3v) is 5.34. The fraction of sp³-hybridized carbons (Fsp3) is 0.217. The van der Waals surface area contributed by atoms with Gasteiger partial charge in [-0.15, -0.1) is 39.7 Å². The van der Waals surface area contributed by atoms with E-state index in [0.29, 0.717) is 0 Å². The van der Waals surface area contributed by atoms with Crippen LogP contribution in [0, 0.1) is 34.6 Å². The molecule has 0 N–H and O–H groups in total. The van der Waals surface area contributed by atoms with E-state index in [-0.39, 0.29) is 0 Å². The summed E-state index contributed by atoms with van der Waals surface area (Å²) in [5, 5.41) is 5.39. The van der Waals surface area contributed by atoms with Gasteiger partial charge in [0.25, 0.3) is 0 Å². The Morgan fingerprint density at radius 1 is 0.731 bits per heavy atom. The Morgan fingerprint density at radius 2 is 1.08 bits per heavy atom. The number of fused-ring (bicyclic) bond motifs is 3. The average molecular weight is 430 g/mol. The minimum absolute atomic E-state index is 1.34. The van der Waals surface area contributed by atoms with Gasteiger partial charge in [0.2, 0.25) is 0 Å². The van der Waals surface area contributed by atoms with Crippen molar-refractivity contribution in [3.05, 3.63) is 82.4 Å².